The number of hydrogen-bond acceptors (Lipinski definition) is 3. The molecule has 0 aliphatic carbocycles. The Labute approximate surface area is 66.3 Å². The van der Waals surface area contributed by atoms with Crippen LogP contribution in [0.4, 0.5) is 0 Å². The van der Waals surface area contributed by atoms with Crippen LogP contribution < -0.4 is 0 Å². The minimum absolute atomic E-state index is 0.409. The Morgan fingerprint density at radius 1 is 1.73 bits per heavy atom. The Kier molecular flexibility index (Phi) is 3.05. The van der Waals surface area contributed by atoms with Gasteiger partial charge in [0.2, 0.25) is 0 Å². The molecule has 0 aromatic rings. The summed E-state index contributed by atoms with van der Waals surface area (Å²) in [5, 5.41) is 18.6. The lowest BCUT2D eigenvalue weighted by molar-refractivity contribution is -0.0435. The van der Waals surface area contributed by atoms with E-state index in [-0.39, 0.29) is 0 Å². The maximum atomic E-state index is 9.36. The topological polar surface area (TPSA) is 49.7 Å². The highest BCUT2D eigenvalue weighted by atomic mass is 16.5. The summed E-state index contributed by atoms with van der Waals surface area (Å²) < 4.78 is 5.13. The average molecular weight is 158 g/mol. The van der Waals surface area contributed by atoms with Crippen LogP contribution in [-0.2, 0) is 4.74 Å². The van der Waals surface area contributed by atoms with Gasteiger partial charge in [-0.15, -0.1) is 6.58 Å². The molecule has 3 nitrogen and oxygen atoms in total. The molecule has 0 saturated carbocycles. The van der Waals surface area contributed by atoms with Crippen molar-refractivity contribution < 1.29 is 14.9 Å². The molecule has 1 unspecified atom stereocenters. The second-order valence-corrected chi connectivity index (χ2v) is 2.78. The largest absolute Gasteiger partial charge is 0.390 e. The third-order valence-corrected chi connectivity index (χ3v) is 1.89. The monoisotopic (exact) mass is 158 g/mol. The third-order valence-electron chi connectivity index (χ3n) is 1.89. The van der Waals surface area contributed by atoms with E-state index in [0.717, 1.165) is 0 Å². The van der Waals surface area contributed by atoms with E-state index in [2.05, 4.69) is 6.58 Å². The third kappa shape index (κ3) is 2.02. The van der Waals surface area contributed by atoms with E-state index in [1.807, 2.05) is 0 Å². The molecule has 1 fully saturated rings. The van der Waals surface area contributed by atoms with Gasteiger partial charge in [0.25, 0.3) is 0 Å². The molecule has 1 rings (SSSR count). The van der Waals surface area contributed by atoms with Crippen LogP contribution in [0, 0.1) is 0 Å². The number of rotatable bonds is 3. The molecule has 0 radical (unpaired) electrons. The highest BCUT2D eigenvalue weighted by Crippen LogP contribution is 2.18. The lowest BCUT2D eigenvalue weighted by Crippen LogP contribution is -2.33. The first-order chi connectivity index (χ1) is 5.25. The standard InChI is InChI=1S/C8H14O3/c1-2-3-6(9)8-7(10)4-5-11-8/h2,6-10H,1,3-5H2/t6?,7-,8+/m0/s1. The van der Waals surface area contributed by atoms with Crippen molar-refractivity contribution >= 4 is 0 Å². The lowest BCUT2D eigenvalue weighted by atomic mass is 10.1. The number of hydrogen-bond donors (Lipinski definition) is 2. The Morgan fingerprint density at radius 3 is 2.91 bits per heavy atom. The maximum Gasteiger partial charge on any atom is 0.110 e. The van der Waals surface area contributed by atoms with Gasteiger partial charge in [-0.3, -0.25) is 0 Å². The molecule has 0 bridgehead atoms. The van der Waals surface area contributed by atoms with E-state index in [9.17, 15) is 10.2 Å². The summed E-state index contributed by atoms with van der Waals surface area (Å²) in [6.45, 7) is 4.04. The van der Waals surface area contributed by atoms with Gasteiger partial charge in [-0.2, -0.15) is 0 Å². The van der Waals surface area contributed by atoms with Crippen LogP contribution in [0.1, 0.15) is 12.8 Å². The molecule has 3 atom stereocenters. The van der Waals surface area contributed by atoms with Gasteiger partial charge in [0, 0.05) is 6.61 Å². The highest BCUT2D eigenvalue weighted by Gasteiger charge is 2.31. The predicted molar refractivity (Wildman–Crippen MR) is 41.2 cm³/mol. The molecule has 1 heterocycles. The molecule has 0 amide bonds. The zero-order chi connectivity index (χ0) is 8.27. The van der Waals surface area contributed by atoms with E-state index < -0.39 is 18.3 Å². The van der Waals surface area contributed by atoms with Crippen molar-refractivity contribution in [3.05, 3.63) is 12.7 Å². The molecule has 64 valence electrons. The minimum atomic E-state index is -0.606. The van der Waals surface area contributed by atoms with Crippen LogP contribution in [0.15, 0.2) is 12.7 Å². The number of ether oxygens (including phenoxy) is 1. The van der Waals surface area contributed by atoms with Crippen LogP contribution >= 0.6 is 0 Å². The van der Waals surface area contributed by atoms with E-state index in [0.29, 0.717) is 19.4 Å². The second kappa shape index (κ2) is 3.85. The first kappa shape index (κ1) is 8.71. The Balaban J connectivity index is 2.38. The Morgan fingerprint density at radius 2 is 2.45 bits per heavy atom. The molecule has 0 aromatic carbocycles. The predicted octanol–water partition coefficient (Wildman–Crippen LogP) is 0.0732. The average Bonchev–Trinajstić information content (AvgIpc) is 2.36. The fourth-order valence-electron chi connectivity index (χ4n) is 1.27. The fraction of sp³-hybridized carbons (Fsp3) is 0.750. The van der Waals surface area contributed by atoms with Gasteiger partial charge in [0.1, 0.15) is 6.10 Å². The van der Waals surface area contributed by atoms with Crippen LogP contribution in [0.25, 0.3) is 0 Å². The quantitative estimate of drug-likeness (QED) is 0.571. The van der Waals surface area contributed by atoms with E-state index >= 15 is 0 Å². The molecular weight excluding hydrogens is 144 g/mol. The Hall–Kier alpha value is -0.380. The van der Waals surface area contributed by atoms with Crippen molar-refractivity contribution in [1.29, 1.82) is 0 Å². The lowest BCUT2D eigenvalue weighted by Gasteiger charge is -2.18. The second-order valence-electron chi connectivity index (χ2n) is 2.78. The molecule has 1 aliphatic heterocycles. The normalized spacial score (nSPS) is 33.6. The van der Waals surface area contributed by atoms with Gasteiger partial charge < -0.3 is 14.9 Å². The smallest absolute Gasteiger partial charge is 0.110 e. The van der Waals surface area contributed by atoms with Gasteiger partial charge >= 0.3 is 0 Å². The van der Waals surface area contributed by atoms with Gasteiger partial charge in [-0.05, 0) is 12.8 Å². The van der Waals surface area contributed by atoms with E-state index in [1.54, 1.807) is 6.08 Å². The Bertz CT molecular complexity index is 135. The molecule has 2 N–H and O–H groups in total. The molecule has 3 heteroatoms. The van der Waals surface area contributed by atoms with Crippen LogP contribution in [0.5, 0.6) is 0 Å². The molecule has 1 saturated heterocycles. The summed E-state index contributed by atoms with van der Waals surface area (Å²) >= 11 is 0. The summed E-state index contributed by atoms with van der Waals surface area (Å²) in [6, 6.07) is 0. The van der Waals surface area contributed by atoms with Crippen molar-refractivity contribution in [2.24, 2.45) is 0 Å². The van der Waals surface area contributed by atoms with Gasteiger partial charge in [-0.25, -0.2) is 0 Å². The first-order valence-electron chi connectivity index (χ1n) is 3.84. The minimum Gasteiger partial charge on any atom is -0.390 e. The number of aliphatic hydroxyl groups excluding tert-OH is 2. The molecule has 0 aromatic heterocycles. The van der Waals surface area contributed by atoms with Gasteiger partial charge in [0.05, 0.1) is 12.2 Å². The molecule has 11 heavy (non-hydrogen) atoms. The number of aliphatic hydroxyl groups is 2. The van der Waals surface area contributed by atoms with Crippen LogP contribution in [0.2, 0.25) is 0 Å². The fourth-order valence-corrected chi connectivity index (χ4v) is 1.27. The molecule has 0 spiro atoms. The summed E-state index contributed by atoms with van der Waals surface area (Å²) in [6.07, 6.45) is 1.20. The van der Waals surface area contributed by atoms with E-state index in [1.165, 1.54) is 0 Å². The summed E-state index contributed by atoms with van der Waals surface area (Å²) in [7, 11) is 0. The first-order valence-corrected chi connectivity index (χ1v) is 3.84. The highest BCUT2D eigenvalue weighted by molar-refractivity contribution is 4.85. The van der Waals surface area contributed by atoms with Crippen molar-refractivity contribution in [1.82, 2.24) is 0 Å². The van der Waals surface area contributed by atoms with Gasteiger partial charge in [0.15, 0.2) is 0 Å². The maximum absolute atomic E-state index is 9.36. The SMILES string of the molecule is C=CCC(O)[C@H]1OCC[C@@H]1O. The van der Waals surface area contributed by atoms with Crippen molar-refractivity contribution in [2.75, 3.05) is 6.61 Å². The van der Waals surface area contributed by atoms with Crippen LogP contribution in [-0.4, -0.2) is 35.1 Å². The molecular formula is C8H14O3. The summed E-state index contributed by atoms with van der Waals surface area (Å²) in [5.74, 6) is 0. The van der Waals surface area contributed by atoms with Crippen molar-refractivity contribution in [3.63, 3.8) is 0 Å². The zero-order valence-electron chi connectivity index (χ0n) is 6.44. The van der Waals surface area contributed by atoms with Crippen molar-refractivity contribution in [2.45, 2.75) is 31.2 Å². The van der Waals surface area contributed by atoms with Crippen molar-refractivity contribution in [3.8, 4) is 0 Å². The van der Waals surface area contributed by atoms with E-state index in [4.69, 9.17) is 4.74 Å². The summed E-state index contributed by atoms with van der Waals surface area (Å²) in [5.41, 5.74) is 0. The zero-order valence-corrected chi connectivity index (χ0v) is 6.44. The molecule has 1 aliphatic rings. The van der Waals surface area contributed by atoms with Gasteiger partial charge in [-0.1, -0.05) is 6.08 Å². The van der Waals surface area contributed by atoms with Crippen LogP contribution in [0.3, 0.4) is 0 Å². The summed E-state index contributed by atoms with van der Waals surface area (Å²) in [4.78, 5) is 0.